The standard InChI is InChI=1S/C17H27N3O/c1-19-8-10-20(11-9-19)16-7-6-15(18)12-17(16)21-13-14-4-2-3-5-14/h6-7,12,14H,2-5,8-11,13,18H2,1H3. The molecule has 1 heterocycles. The molecule has 116 valence electrons. The number of nitrogens with two attached hydrogens (primary N) is 1. The molecule has 1 saturated carbocycles. The fourth-order valence-electron chi connectivity index (χ4n) is 3.34. The molecule has 3 rings (SSSR count). The summed E-state index contributed by atoms with van der Waals surface area (Å²) in [6.45, 7) is 5.16. The van der Waals surface area contributed by atoms with Gasteiger partial charge in [0, 0.05) is 37.9 Å². The van der Waals surface area contributed by atoms with Gasteiger partial charge >= 0.3 is 0 Å². The Kier molecular flexibility index (Phi) is 4.54. The molecule has 1 aromatic rings. The number of hydrogen-bond donors (Lipinski definition) is 1. The van der Waals surface area contributed by atoms with Gasteiger partial charge in [-0.05, 0) is 37.9 Å². The van der Waals surface area contributed by atoms with Crippen LogP contribution in [0.4, 0.5) is 11.4 Å². The summed E-state index contributed by atoms with van der Waals surface area (Å²) in [5.74, 6) is 1.69. The highest BCUT2D eigenvalue weighted by atomic mass is 16.5. The highest BCUT2D eigenvalue weighted by Crippen LogP contribution is 2.33. The van der Waals surface area contributed by atoms with E-state index in [0.717, 1.165) is 50.1 Å². The summed E-state index contributed by atoms with van der Waals surface area (Å²) in [5, 5.41) is 0. The maximum absolute atomic E-state index is 6.15. The number of benzene rings is 1. The molecule has 2 N–H and O–H groups in total. The van der Waals surface area contributed by atoms with E-state index in [0.29, 0.717) is 0 Å². The number of nitrogen functional groups attached to an aromatic ring is 1. The second kappa shape index (κ2) is 6.56. The third kappa shape index (κ3) is 3.62. The van der Waals surface area contributed by atoms with Crippen molar-refractivity contribution in [1.82, 2.24) is 4.90 Å². The van der Waals surface area contributed by atoms with Crippen LogP contribution in [0.1, 0.15) is 25.7 Å². The lowest BCUT2D eigenvalue weighted by Gasteiger charge is -2.35. The van der Waals surface area contributed by atoms with Gasteiger partial charge in [-0.3, -0.25) is 0 Å². The zero-order valence-corrected chi connectivity index (χ0v) is 13.1. The van der Waals surface area contributed by atoms with E-state index >= 15 is 0 Å². The maximum Gasteiger partial charge on any atom is 0.144 e. The first kappa shape index (κ1) is 14.5. The summed E-state index contributed by atoms with van der Waals surface area (Å²) >= 11 is 0. The molecule has 0 radical (unpaired) electrons. The Hall–Kier alpha value is -1.42. The second-order valence-electron chi connectivity index (χ2n) is 6.48. The second-order valence-corrected chi connectivity index (χ2v) is 6.48. The molecule has 0 aromatic heterocycles. The van der Waals surface area contributed by atoms with Crippen molar-refractivity contribution in [2.24, 2.45) is 5.92 Å². The number of anilines is 2. The number of ether oxygens (including phenoxy) is 1. The average Bonchev–Trinajstić information content (AvgIpc) is 3.00. The highest BCUT2D eigenvalue weighted by molar-refractivity contribution is 5.64. The molecule has 1 aliphatic carbocycles. The van der Waals surface area contributed by atoms with Crippen LogP contribution in [0.5, 0.6) is 5.75 Å². The average molecular weight is 289 g/mol. The van der Waals surface area contributed by atoms with E-state index in [-0.39, 0.29) is 0 Å². The summed E-state index contributed by atoms with van der Waals surface area (Å²) in [7, 11) is 2.18. The Labute approximate surface area is 127 Å². The summed E-state index contributed by atoms with van der Waals surface area (Å²) < 4.78 is 6.15. The van der Waals surface area contributed by atoms with Gasteiger partial charge in [-0.25, -0.2) is 0 Å². The third-order valence-corrected chi connectivity index (χ3v) is 4.78. The fraction of sp³-hybridized carbons (Fsp3) is 0.647. The van der Waals surface area contributed by atoms with Crippen LogP contribution in [0.3, 0.4) is 0 Å². The lowest BCUT2D eigenvalue weighted by atomic mass is 10.1. The Balaban J connectivity index is 1.69. The highest BCUT2D eigenvalue weighted by Gasteiger charge is 2.20. The molecular weight excluding hydrogens is 262 g/mol. The zero-order chi connectivity index (χ0) is 14.7. The molecule has 1 aromatic carbocycles. The van der Waals surface area contributed by atoms with Crippen LogP contribution in [0.25, 0.3) is 0 Å². The van der Waals surface area contributed by atoms with E-state index in [1.165, 1.54) is 31.4 Å². The smallest absolute Gasteiger partial charge is 0.144 e. The number of likely N-dealkylation sites (N-methyl/N-ethyl adjacent to an activating group) is 1. The quantitative estimate of drug-likeness (QED) is 0.865. The topological polar surface area (TPSA) is 41.7 Å². The minimum Gasteiger partial charge on any atom is -0.491 e. The fourth-order valence-corrected chi connectivity index (χ4v) is 3.34. The SMILES string of the molecule is CN1CCN(c2ccc(N)cc2OCC2CCCC2)CC1. The van der Waals surface area contributed by atoms with Crippen molar-refractivity contribution >= 4 is 11.4 Å². The summed E-state index contributed by atoms with van der Waals surface area (Å²) in [4.78, 5) is 4.79. The first-order valence-electron chi connectivity index (χ1n) is 8.18. The predicted octanol–water partition coefficient (Wildman–Crippen LogP) is 2.59. The van der Waals surface area contributed by atoms with Crippen LogP contribution in [0.2, 0.25) is 0 Å². The largest absolute Gasteiger partial charge is 0.491 e. The van der Waals surface area contributed by atoms with Crippen molar-refractivity contribution in [3.63, 3.8) is 0 Å². The van der Waals surface area contributed by atoms with Crippen LogP contribution >= 0.6 is 0 Å². The molecule has 2 aliphatic rings. The molecule has 0 amide bonds. The van der Waals surface area contributed by atoms with Gasteiger partial charge in [-0.15, -0.1) is 0 Å². The molecule has 21 heavy (non-hydrogen) atoms. The molecule has 0 unspecified atom stereocenters. The van der Waals surface area contributed by atoms with Crippen molar-refractivity contribution in [3.8, 4) is 5.75 Å². The Morgan fingerprint density at radius 2 is 1.86 bits per heavy atom. The van der Waals surface area contributed by atoms with Crippen molar-refractivity contribution < 1.29 is 4.74 Å². The molecule has 1 saturated heterocycles. The Morgan fingerprint density at radius 1 is 1.14 bits per heavy atom. The van der Waals surface area contributed by atoms with Crippen LogP contribution in [0.15, 0.2) is 18.2 Å². The number of nitrogens with zero attached hydrogens (tertiary/aromatic N) is 2. The van der Waals surface area contributed by atoms with Gasteiger partial charge in [0.2, 0.25) is 0 Å². The maximum atomic E-state index is 6.15. The lowest BCUT2D eigenvalue weighted by molar-refractivity contribution is 0.251. The normalized spacial score (nSPS) is 20.9. The molecule has 0 spiro atoms. The van der Waals surface area contributed by atoms with Crippen molar-refractivity contribution in [2.75, 3.05) is 50.5 Å². The number of piperazine rings is 1. The molecule has 4 nitrogen and oxygen atoms in total. The predicted molar refractivity (Wildman–Crippen MR) is 88.0 cm³/mol. The van der Waals surface area contributed by atoms with Crippen LogP contribution in [0, 0.1) is 5.92 Å². The van der Waals surface area contributed by atoms with E-state index in [2.05, 4.69) is 22.9 Å². The lowest BCUT2D eigenvalue weighted by Crippen LogP contribution is -2.44. The van der Waals surface area contributed by atoms with Gasteiger partial charge in [0.15, 0.2) is 0 Å². The van der Waals surface area contributed by atoms with E-state index in [1.54, 1.807) is 0 Å². The number of rotatable bonds is 4. The van der Waals surface area contributed by atoms with Gasteiger partial charge in [0.05, 0.1) is 12.3 Å². The van der Waals surface area contributed by atoms with Gasteiger partial charge < -0.3 is 20.3 Å². The van der Waals surface area contributed by atoms with E-state index in [9.17, 15) is 0 Å². The van der Waals surface area contributed by atoms with Crippen LogP contribution in [-0.2, 0) is 0 Å². The van der Waals surface area contributed by atoms with Crippen molar-refractivity contribution in [3.05, 3.63) is 18.2 Å². The third-order valence-electron chi connectivity index (χ3n) is 4.78. The summed E-state index contributed by atoms with van der Waals surface area (Å²) in [6, 6.07) is 6.09. The first-order chi connectivity index (χ1) is 10.2. The van der Waals surface area contributed by atoms with Gasteiger partial charge in [0.1, 0.15) is 5.75 Å². The van der Waals surface area contributed by atoms with Crippen molar-refractivity contribution in [2.45, 2.75) is 25.7 Å². The molecule has 4 heteroatoms. The molecule has 0 atom stereocenters. The van der Waals surface area contributed by atoms with Gasteiger partial charge in [-0.2, -0.15) is 0 Å². The molecule has 2 fully saturated rings. The van der Waals surface area contributed by atoms with Gasteiger partial charge in [0.25, 0.3) is 0 Å². The van der Waals surface area contributed by atoms with Gasteiger partial charge in [-0.1, -0.05) is 12.8 Å². The molecular formula is C17H27N3O. The molecule has 1 aliphatic heterocycles. The molecule has 0 bridgehead atoms. The van der Waals surface area contributed by atoms with E-state index in [1.807, 2.05) is 12.1 Å². The minimum absolute atomic E-state index is 0.728. The van der Waals surface area contributed by atoms with Crippen LogP contribution in [-0.4, -0.2) is 44.7 Å². The van der Waals surface area contributed by atoms with Crippen molar-refractivity contribution in [1.29, 1.82) is 0 Å². The Morgan fingerprint density at radius 3 is 2.57 bits per heavy atom. The van der Waals surface area contributed by atoms with E-state index in [4.69, 9.17) is 10.5 Å². The zero-order valence-electron chi connectivity index (χ0n) is 13.1. The summed E-state index contributed by atoms with van der Waals surface area (Å²) in [6.07, 6.45) is 5.34. The Bertz CT molecular complexity index is 463. The number of hydrogen-bond acceptors (Lipinski definition) is 4. The minimum atomic E-state index is 0.728. The van der Waals surface area contributed by atoms with Crippen LogP contribution < -0.4 is 15.4 Å². The van der Waals surface area contributed by atoms with E-state index < -0.39 is 0 Å². The monoisotopic (exact) mass is 289 g/mol. The first-order valence-corrected chi connectivity index (χ1v) is 8.18. The summed E-state index contributed by atoms with van der Waals surface area (Å²) in [5.41, 5.74) is 7.95.